The number of halogens is 1. The first kappa shape index (κ1) is 17.6. The standard InChI is InChI=1S/C20H24FNO3/c21-17-5-3-15(4-6-17)16-7-11-22(12-8-16)18(23)13-20(14-19(24)25)9-1-2-10-20/h3-7H,1-2,8-14H2,(H,24,25). The molecule has 0 saturated heterocycles. The van der Waals surface area contributed by atoms with Crippen molar-refractivity contribution in [2.24, 2.45) is 5.41 Å². The molecule has 1 aliphatic carbocycles. The number of aliphatic carboxylic acids is 1. The Morgan fingerprint density at radius 3 is 2.36 bits per heavy atom. The summed E-state index contributed by atoms with van der Waals surface area (Å²) in [4.78, 5) is 25.7. The summed E-state index contributed by atoms with van der Waals surface area (Å²) in [6.45, 7) is 1.17. The van der Waals surface area contributed by atoms with Crippen LogP contribution in [-0.2, 0) is 9.59 Å². The number of hydrogen-bond donors (Lipinski definition) is 1. The van der Waals surface area contributed by atoms with Crippen LogP contribution in [0.3, 0.4) is 0 Å². The van der Waals surface area contributed by atoms with Crippen LogP contribution in [0.4, 0.5) is 4.39 Å². The average Bonchev–Trinajstić information content (AvgIpc) is 3.03. The zero-order valence-electron chi connectivity index (χ0n) is 14.3. The van der Waals surface area contributed by atoms with Crippen molar-refractivity contribution in [3.05, 3.63) is 41.7 Å². The minimum atomic E-state index is -0.813. The normalized spacial score (nSPS) is 19.6. The van der Waals surface area contributed by atoms with E-state index < -0.39 is 5.97 Å². The molecule has 0 bridgehead atoms. The molecule has 3 rings (SSSR count). The van der Waals surface area contributed by atoms with Gasteiger partial charge in [-0.25, -0.2) is 4.39 Å². The highest BCUT2D eigenvalue weighted by atomic mass is 19.1. The topological polar surface area (TPSA) is 57.6 Å². The molecule has 134 valence electrons. The third kappa shape index (κ3) is 4.27. The van der Waals surface area contributed by atoms with Gasteiger partial charge >= 0.3 is 5.97 Å². The van der Waals surface area contributed by atoms with E-state index in [0.29, 0.717) is 19.5 Å². The van der Waals surface area contributed by atoms with Crippen LogP contribution in [0.15, 0.2) is 30.3 Å². The molecule has 1 N–H and O–H groups in total. The molecule has 0 spiro atoms. The van der Waals surface area contributed by atoms with Gasteiger partial charge in [-0.2, -0.15) is 0 Å². The molecule has 0 unspecified atom stereocenters. The highest BCUT2D eigenvalue weighted by molar-refractivity contribution is 5.80. The average molecular weight is 345 g/mol. The van der Waals surface area contributed by atoms with Crippen molar-refractivity contribution in [1.82, 2.24) is 4.90 Å². The van der Waals surface area contributed by atoms with Gasteiger partial charge in [-0.05, 0) is 47.9 Å². The van der Waals surface area contributed by atoms with Crippen LogP contribution in [0.2, 0.25) is 0 Å². The second-order valence-electron chi connectivity index (χ2n) is 7.28. The third-order valence-corrected chi connectivity index (χ3v) is 5.49. The van der Waals surface area contributed by atoms with Crippen molar-refractivity contribution < 1.29 is 19.1 Å². The van der Waals surface area contributed by atoms with Crippen molar-refractivity contribution in [3.63, 3.8) is 0 Å². The van der Waals surface area contributed by atoms with Gasteiger partial charge < -0.3 is 10.0 Å². The van der Waals surface area contributed by atoms with E-state index in [4.69, 9.17) is 0 Å². The highest BCUT2D eigenvalue weighted by Crippen LogP contribution is 2.44. The molecule has 1 aliphatic heterocycles. The zero-order valence-corrected chi connectivity index (χ0v) is 14.3. The summed E-state index contributed by atoms with van der Waals surface area (Å²) in [5.41, 5.74) is 1.76. The minimum absolute atomic E-state index is 0.0533. The molecule has 1 heterocycles. The van der Waals surface area contributed by atoms with Crippen LogP contribution >= 0.6 is 0 Å². The maximum Gasteiger partial charge on any atom is 0.303 e. The Hall–Kier alpha value is -2.17. The van der Waals surface area contributed by atoms with E-state index in [-0.39, 0.29) is 23.6 Å². The van der Waals surface area contributed by atoms with Gasteiger partial charge in [0.2, 0.25) is 5.91 Å². The first-order valence-corrected chi connectivity index (χ1v) is 8.92. The second kappa shape index (κ2) is 7.38. The van der Waals surface area contributed by atoms with Crippen LogP contribution < -0.4 is 0 Å². The van der Waals surface area contributed by atoms with Crippen LogP contribution in [0.5, 0.6) is 0 Å². The van der Waals surface area contributed by atoms with E-state index in [1.807, 2.05) is 11.0 Å². The Kier molecular flexibility index (Phi) is 5.21. The van der Waals surface area contributed by atoms with E-state index in [0.717, 1.165) is 43.2 Å². The van der Waals surface area contributed by atoms with Gasteiger partial charge in [0.15, 0.2) is 0 Å². The summed E-state index contributed by atoms with van der Waals surface area (Å²) in [6.07, 6.45) is 6.86. The van der Waals surface area contributed by atoms with Crippen LogP contribution in [0, 0.1) is 11.2 Å². The van der Waals surface area contributed by atoms with Gasteiger partial charge in [0.25, 0.3) is 0 Å². The smallest absolute Gasteiger partial charge is 0.303 e. The molecule has 1 saturated carbocycles. The fourth-order valence-electron chi connectivity index (χ4n) is 4.12. The number of carboxylic acids is 1. The zero-order chi connectivity index (χ0) is 17.9. The summed E-state index contributed by atoms with van der Waals surface area (Å²) in [7, 11) is 0. The predicted molar refractivity (Wildman–Crippen MR) is 93.3 cm³/mol. The summed E-state index contributed by atoms with van der Waals surface area (Å²) in [6, 6.07) is 6.42. The van der Waals surface area contributed by atoms with Crippen LogP contribution in [-0.4, -0.2) is 35.0 Å². The lowest BCUT2D eigenvalue weighted by Crippen LogP contribution is -2.38. The summed E-state index contributed by atoms with van der Waals surface area (Å²) in [5, 5.41) is 9.18. The molecule has 0 atom stereocenters. The van der Waals surface area contributed by atoms with Gasteiger partial charge in [0.05, 0.1) is 6.42 Å². The predicted octanol–water partition coefficient (Wildman–Crippen LogP) is 3.87. The lowest BCUT2D eigenvalue weighted by molar-refractivity contribution is -0.141. The molecule has 1 amide bonds. The molecule has 1 aromatic rings. The van der Waals surface area contributed by atoms with Crippen molar-refractivity contribution in [2.75, 3.05) is 13.1 Å². The fraction of sp³-hybridized carbons (Fsp3) is 0.500. The molecule has 25 heavy (non-hydrogen) atoms. The molecule has 1 fully saturated rings. The quantitative estimate of drug-likeness (QED) is 0.881. The lowest BCUT2D eigenvalue weighted by Gasteiger charge is -2.32. The number of nitrogens with zero attached hydrogens (tertiary/aromatic N) is 1. The SMILES string of the molecule is O=C(O)CC1(CC(=O)N2CC=C(c3ccc(F)cc3)CC2)CCCC1. The van der Waals surface area contributed by atoms with Gasteiger partial charge in [0, 0.05) is 19.5 Å². The van der Waals surface area contributed by atoms with E-state index >= 15 is 0 Å². The van der Waals surface area contributed by atoms with Crippen LogP contribution in [0.1, 0.15) is 50.5 Å². The second-order valence-corrected chi connectivity index (χ2v) is 7.28. The van der Waals surface area contributed by atoms with Crippen molar-refractivity contribution in [3.8, 4) is 0 Å². The number of carboxylic acid groups (broad SMARTS) is 1. The van der Waals surface area contributed by atoms with Crippen molar-refractivity contribution in [1.29, 1.82) is 0 Å². The summed E-state index contributed by atoms with van der Waals surface area (Å²) < 4.78 is 13.0. The van der Waals surface area contributed by atoms with E-state index in [2.05, 4.69) is 0 Å². The maximum atomic E-state index is 13.0. The number of carbonyl (C=O) groups excluding carboxylic acids is 1. The monoisotopic (exact) mass is 345 g/mol. The highest BCUT2D eigenvalue weighted by Gasteiger charge is 2.39. The van der Waals surface area contributed by atoms with E-state index in [9.17, 15) is 19.1 Å². The Balaban J connectivity index is 1.62. The minimum Gasteiger partial charge on any atom is -0.481 e. The Bertz CT molecular complexity index is 675. The largest absolute Gasteiger partial charge is 0.481 e. The first-order valence-electron chi connectivity index (χ1n) is 8.92. The Labute approximate surface area is 147 Å². The van der Waals surface area contributed by atoms with Gasteiger partial charge in [0.1, 0.15) is 5.82 Å². The summed E-state index contributed by atoms with van der Waals surface area (Å²) in [5.74, 6) is -1.01. The number of rotatable bonds is 5. The third-order valence-electron chi connectivity index (χ3n) is 5.49. The lowest BCUT2D eigenvalue weighted by atomic mass is 9.79. The number of benzene rings is 1. The van der Waals surface area contributed by atoms with E-state index in [1.165, 1.54) is 12.1 Å². The molecule has 0 aromatic heterocycles. The van der Waals surface area contributed by atoms with Gasteiger partial charge in [-0.1, -0.05) is 31.1 Å². The number of hydrogen-bond acceptors (Lipinski definition) is 2. The first-order chi connectivity index (χ1) is 12.0. The van der Waals surface area contributed by atoms with Gasteiger partial charge in [-0.15, -0.1) is 0 Å². The summed E-state index contributed by atoms with van der Waals surface area (Å²) >= 11 is 0. The van der Waals surface area contributed by atoms with Gasteiger partial charge in [-0.3, -0.25) is 9.59 Å². The molecule has 4 nitrogen and oxygen atoms in total. The molecular formula is C20H24FNO3. The molecule has 0 radical (unpaired) electrons. The number of carbonyl (C=O) groups is 2. The molecule has 2 aliphatic rings. The Morgan fingerprint density at radius 1 is 1.12 bits per heavy atom. The molecule has 5 heteroatoms. The fourth-order valence-corrected chi connectivity index (χ4v) is 4.12. The molecular weight excluding hydrogens is 321 g/mol. The van der Waals surface area contributed by atoms with Crippen molar-refractivity contribution in [2.45, 2.75) is 44.9 Å². The number of amides is 1. The van der Waals surface area contributed by atoms with E-state index in [1.54, 1.807) is 12.1 Å². The van der Waals surface area contributed by atoms with Crippen LogP contribution in [0.25, 0.3) is 5.57 Å². The molecule has 1 aromatic carbocycles. The maximum absolute atomic E-state index is 13.0. The Morgan fingerprint density at radius 2 is 1.80 bits per heavy atom. The van der Waals surface area contributed by atoms with Crippen molar-refractivity contribution >= 4 is 17.4 Å².